The smallest absolute Gasteiger partial charge is 0.254 e. The number of hydrogen-bond acceptors (Lipinski definition) is 4. The van der Waals surface area contributed by atoms with E-state index in [0.29, 0.717) is 40.7 Å². The average Bonchev–Trinajstić information content (AvgIpc) is 3.16. The van der Waals surface area contributed by atoms with Crippen LogP contribution in [-0.2, 0) is 14.8 Å². The van der Waals surface area contributed by atoms with Crippen molar-refractivity contribution in [2.24, 2.45) is 0 Å². The fourth-order valence-electron chi connectivity index (χ4n) is 3.30. The topological polar surface area (TPSA) is 86.8 Å². The molecule has 0 aliphatic carbocycles. The maximum absolute atomic E-state index is 12.9. The predicted octanol–water partition coefficient (Wildman–Crippen LogP) is 3.49. The molecule has 1 aliphatic heterocycles. The van der Waals surface area contributed by atoms with Crippen molar-refractivity contribution in [1.82, 2.24) is 9.21 Å². The Morgan fingerprint density at radius 1 is 1.10 bits per heavy atom. The van der Waals surface area contributed by atoms with Gasteiger partial charge in [-0.1, -0.05) is 29.3 Å². The number of sulfonamides is 1. The predicted molar refractivity (Wildman–Crippen MR) is 116 cm³/mol. The van der Waals surface area contributed by atoms with Gasteiger partial charge in [-0.05, 0) is 49.2 Å². The summed E-state index contributed by atoms with van der Waals surface area (Å²) in [6.45, 7) is 0.427. The summed E-state index contributed by atoms with van der Waals surface area (Å²) in [5, 5.41) is 3.40. The van der Waals surface area contributed by atoms with Gasteiger partial charge >= 0.3 is 0 Å². The molecule has 1 aliphatic rings. The van der Waals surface area contributed by atoms with E-state index < -0.39 is 16.1 Å². The van der Waals surface area contributed by atoms with Gasteiger partial charge in [-0.2, -0.15) is 0 Å². The van der Waals surface area contributed by atoms with Crippen LogP contribution >= 0.6 is 23.2 Å². The van der Waals surface area contributed by atoms with E-state index in [1.807, 2.05) is 0 Å². The van der Waals surface area contributed by atoms with E-state index in [-0.39, 0.29) is 16.7 Å². The molecule has 30 heavy (non-hydrogen) atoms. The Morgan fingerprint density at radius 2 is 1.77 bits per heavy atom. The van der Waals surface area contributed by atoms with Crippen molar-refractivity contribution in [2.45, 2.75) is 23.8 Å². The Balaban J connectivity index is 1.79. The number of carbonyl (C=O) groups excluding carboxylic acids is 2. The molecule has 0 bridgehead atoms. The Morgan fingerprint density at radius 3 is 2.40 bits per heavy atom. The molecule has 1 atom stereocenters. The van der Waals surface area contributed by atoms with Gasteiger partial charge in [-0.3, -0.25) is 9.59 Å². The third-order valence-corrected chi connectivity index (χ3v) is 7.05. The van der Waals surface area contributed by atoms with Crippen molar-refractivity contribution >= 4 is 50.7 Å². The Labute approximate surface area is 185 Å². The van der Waals surface area contributed by atoms with Crippen LogP contribution in [0, 0.1) is 0 Å². The maximum atomic E-state index is 12.9. The largest absolute Gasteiger partial charge is 0.327 e. The van der Waals surface area contributed by atoms with Crippen molar-refractivity contribution in [1.29, 1.82) is 0 Å². The number of nitrogens with zero attached hydrogens (tertiary/aromatic N) is 2. The number of rotatable bonds is 5. The summed E-state index contributed by atoms with van der Waals surface area (Å²) in [6.07, 6.45) is 1.18. The van der Waals surface area contributed by atoms with E-state index in [4.69, 9.17) is 23.2 Å². The van der Waals surface area contributed by atoms with E-state index in [0.717, 1.165) is 4.31 Å². The molecule has 2 aromatic carbocycles. The number of amides is 2. The van der Waals surface area contributed by atoms with E-state index in [1.54, 1.807) is 12.1 Å². The van der Waals surface area contributed by atoms with Crippen LogP contribution in [0.2, 0.25) is 10.0 Å². The van der Waals surface area contributed by atoms with E-state index in [9.17, 15) is 18.0 Å². The van der Waals surface area contributed by atoms with Crippen molar-refractivity contribution < 1.29 is 18.0 Å². The first-order valence-electron chi connectivity index (χ1n) is 9.20. The Hall–Kier alpha value is -2.13. The summed E-state index contributed by atoms with van der Waals surface area (Å²) in [5.74, 6) is -0.714. The summed E-state index contributed by atoms with van der Waals surface area (Å²) < 4.78 is 25.7. The van der Waals surface area contributed by atoms with Gasteiger partial charge in [0.2, 0.25) is 15.9 Å². The average molecular weight is 470 g/mol. The van der Waals surface area contributed by atoms with Crippen LogP contribution in [0.1, 0.15) is 23.2 Å². The minimum absolute atomic E-state index is 0.0678. The minimum atomic E-state index is -3.63. The Kier molecular flexibility index (Phi) is 6.71. The van der Waals surface area contributed by atoms with Crippen LogP contribution in [0.5, 0.6) is 0 Å². The monoisotopic (exact) mass is 469 g/mol. The van der Waals surface area contributed by atoms with E-state index in [2.05, 4.69) is 5.32 Å². The second-order valence-electron chi connectivity index (χ2n) is 7.12. The third-order valence-electron chi connectivity index (χ3n) is 4.81. The first-order valence-corrected chi connectivity index (χ1v) is 11.4. The maximum Gasteiger partial charge on any atom is 0.254 e. The summed E-state index contributed by atoms with van der Waals surface area (Å²) in [7, 11) is -0.760. The van der Waals surface area contributed by atoms with Gasteiger partial charge in [-0.15, -0.1) is 0 Å². The van der Waals surface area contributed by atoms with Crippen LogP contribution in [0.25, 0.3) is 0 Å². The number of hydrogen-bond donors (Lipinski definition) is 1. The fourth-order valence-corrected chi connectivity index (χ4v) is 4.77. The lowest BCUT2D eigenvalue weighted by Gasteiger charge is -2.24. The van der Waals surface area contributed by atoms with Gasteiger partial charge in [-0.25, -0.2) is 12.7 Å². The van der Waals surface area contributed by atoms with Crippen molar-refractivity contribution in [2.75, 3.05) is 26.0 Å². The molecule has 1 N–H and O–H groups in total. The number of halogens is 2. The van der Waals surface area contributed by atoms with E-state index in [1.165, 1.54) is 49.3 Å². The summed E-state index contributed by atoms with van der Waals surface area (Å²) in [5.41, 5.74) is 0.652. The molecule has 2 aromatic rings. The van der Waals surface area contributed by atoms with Crippen LogP contribution in [-0.4, -0.2) is 56.1 Å². The number of anilines is 1. The molecule has 160 valence electrons. The molecule has 0 saturated carbocycles. The normalized spacial score (nSPS) is 16.7. The molecule has 10 heteroatoms. The molecule has 2 amide bonds. The standard InChI is InChI=1S/C20H21Cl2N3O4S/c1-24(2)30(28,29)17-6-3-5-16(12-17)23-19(26)18-7-4-8-25(18)20(27)13-9-14(21)11-15(22)10-13/h3,5-6,9-12,18H,4,7-8H2,1-2H3,(H,23,26). The first kappa shape index (κ1) is 22.6. The van der Waals surface area contributed by atoms with Crippen LogP contribution in [0.15, 0.2) is 47.4 Å². The fraction of sp³-hybridized carbons (Fsp3) is 0.300. The van der Waals surface area contributed by atoms with Gasteiger partial charge in [0.05, 0.1) is 4.90 Å². The Bertz CT molecular complexity index is 1070. The number of carbonyl (C=O) groups is 2. The molecule has 0 aromatic heterocycles. The second-order valence-corrected chi connectivity index (χ2v) is 10.1. The molecular weight excluding hydrogens is 449 g/mol. The zero-order valence-electron chi connectivity index (χ0n) is 16.4. The molecule has 3 rings (SSSR count). The lowest BCUT2D eigenvalue weighted by atomic mass is 10.1. The van der Waals surface area contributed by atoms with Gasteiger partial charge in [0.15, 0.2) is 0 Å². The highest BCUT2D eigenvalue weighted by molar-refractivity contribution is 7.89. The lowest BCUT2D eigenvalue weighted by Crippen LogP contribution is -2.43. The molecule has 1 heterocycles. The minimum Gasteiger partial charge on any atom is -0.327 e. The quantitative estimate of drug-likeness (QED) is 0.725. The van der Waals surface area contributed by atoms with Crippen molar-refractivity contribution in [3.05, 3.63) is 58.1 Å². The molecule has 1 unspecified atom stereocenters. The van der Waals surface area contributed by atoms with Crippen molar-refractivity contribution in [3.63, 3.8) is 0 Å². The third kappa shape index (κ3) is 4.78. The highest BCUT2D eigenvalue weighted by Gasteiger charge is 2.35. The van der Waals surface area contributed by atoms with Crippen LogP contribution in [0.4, 0.5) is 5.69 Å². The highest BCUT2D eigenvalue weighted by atomic mass is 35.5. The van der Waals surface area contributed by atoms with E-state index >= 15 is 0 Å². The molecular formula is C20H21Cl2N3O4S. The number of nitrogens with one attached hydrogen (secondary N) is 1. The zero-order valence-corrected chi connectivity index (χ0v) is 18.8. The van der Waals surface area contributed by atoms with Gasteiger partial charge in [0.25, 0.3) is 5.91 Å². The summed E-state index contributed by atoms with van der Waals surface area (Å²) in [4.78, 5) is 27.3. The molecule has 0 radical (unpaired) electrons. The summed E-state index contributed by atoms with van der Waals surface area (Å²) in [6, 6.07) is 9.89. The molecule has 1 saturated heterocycles. The number of likely N-dealkylation sites (tertiary alicyclic amines) is 1. The molecule has 7 nitrogen and oxygen atoms in total. The van der Waals surface area contributed by atoms with Gasteiger partial charge in [0.1, 0.15) is 6.04 Å². The number of benzene rings is 2. The van der Waals surface area contributed by atoms with Gasteiger partial charge < -0.3 is 10.2 Å². The molecule has 0 spiro atoms. The summed E-state index contributed by atoms with van der Waals surface area (Å²) >= 11 is 12.0. The molecule has 1 fully saturated rings. The second kappa shape index (κ2) is 8.93. The first-order chi connectivity index (χ1) is 14.1. The van der Waals surface area contributed by atoms with Crippen molar-refractivity contribution in [3.8, 4) is 0 Å². The highest BCUT2D eigenvalue weighted by Crippen LogP contribution is 2.26. The van der Waals surface area contributed by atoms with Crippen LogP contribution < -0.4 is 5.32 Å². The van der Waals surface area contributed by atoms with Crippen LogP contribution in [0.3, 0.4) is 0 Å². The lowest BCUT2D eigenvalue weighted by molar-refractivity contribution is -0.119. The van der Waals surface area contributed by atoms with Gasteiger partial charge in [0, 0.05) is 41.9 Å². The zero-order chi connectivity index (χ0) is 22.1. The SMILES string of the molecule is CN(C)S(=O)(=O)c1cccc(NC(=O)C2CCCN2C(=O)c2cc(Cl)cc(Cl)c2)c1.